The zero-order chi connectivity index (χ0) is 19.3. The van der Waals surface area contributed by atoms with E-state index in [1.807, 2.05) is 6.07 Å². The van der Waals surface area contributed by atoms with E-state index in [1.54, 1.807) is 12.3 Å². The monoisotopic (exact) mass is 379 g/mol. The van der Waals surface area contributed by atoms with Crippen LogP contribution in [0.4, 0.5) is 24.7 Å². The van der Waals surface area contributed by atoms with Crippen LogP contribution in [0.3, 0.4) is 0 Å². The lowest BCUT2D eigenvalue weighted by atomic mass is 10.1. The Labute approximate surface area is 155 Å². The third-order valence-corrected chi connectivity index (χ3v) is 4.20. The number of amides is 1. The summed E-state index contributed by atoms with van der Waals surface area (Å²) < 4.78 is 41.0. The minimum atomic E-state index is -4.40. The Kier molecular flexibility index (Phi) is 5.83. The van der Waals surface area contributed by atoms with Gasteiger partial charge in [-0.3, -0.25) is 4.79 Å². The lowest BCUT2D eigenvalue weighted by Crippen LogP contribution is -2.30. The maximum Gasteiger partial charge on any atom is 0.422 e. The summed E-state index contributed by atoms with van der Waals surface area (Å²) in [6.45, 7) is 0.608. The van der Waals surface area contributed by atoms with E-state index >= 15 is 0 Å². The summed E-state index contributed by atoms with van der Waals surface area (Å²) in [5, 5.41) is 2.72. The zero-order valence-corrected chi connectivity index (χ0v) is 14.6. The van der Waals surface area contributed by atoms with Gasteiger partial charge in [-0.05, 0) is 55.7 Å². The van der Waals surface area contributed by atoms with Crippen molar-refractivity contribution >= 4 is 17.4 Å². The molecule has 3 rings (SSSR count). The van der Waals surface area contributed by atoms with Crippen LogP contribution in [-0.4, -0.2) is 36.8 Å². The van der Waals surface area contributed by atoms with Crippen LogP contribution in [0.1, 0.15) is 29.6 Å². The van der Waals surface area contributed by atoms with Gasteiger partial charge in [0.05, 0.1) is 11.9 Å². The number of nitrogens with one attached hydrogen (secondary N) is 1. The normalized spacial score (nSPS) is 14.7. The van der Waals surface area contributed by atoms with Crippen LogP contribution in [0.5, 0.6) is 5.75 Å². The molecule has 0 unspecified atom stereocenters. The molecule has 1 aromatic carbocycles. The average Bonchev–Trinajstić information content (AvgIpc) is 2.67. The number of carbonyl (C=O) groups is 1. The summed E-state index contributed by atoms with van der Waals surface area (Å²) in [4.78, 5) is 18.9. The lowest BCUT2D eigenvalue weighted by molar-refractivity contribution is -0.153. The number of pyridine rings is 1. The number of nitrogens with zero attached hydrogens (tertiary/aromatic N) is 2. The average molecular weight is 379 g/mol. The molecule has 0 radical (unpaired) electrons. The van der Waals surface area contributed by atoms with E-state index in [0.29, 0.717) is 11.3 Å². The first kappa shape index (κ1) is 19.0. The Balaban J connectivity index is 1.56. The van der Waals surface area contributed by atoms with Gasteiger partial charge in [0.15, 0.2) is 6.61 Å². The minimum absolute atomic E-state index is 0.0522. The highest BCUT2D eigenvalue weighted by atomic mass is 19.4. The van der Waals surface area contributed by atoms with Gasteiger partial charge in [0.25, 0.3) is 5.91 Å². The van der Waals surface area contributed by atoms with Gasteiger partial charge in [0.1, 0.15) is 11.6 Å². The Hall–Kier alpha value is -2.77. The predicted molar refractivity (Wildman–Crippen MR) is 96.2 cm³/mol. The van der Waals surface area contributed by atoms with Crippen LogP contribution in [0.2, 0.25) is 0 Å². The fourth-order valence-corrected chi connectivity index (χ4v) is 2.84. The van der Waals surface area contributed by atoms with Crippen LogP contribution in [0, 0.1) is 0 Å². The molecule has 144 valence electrons. The standard InChI is InChI=1S/C19H20F3N3O2/c20-19(21,22)13-27-16-7-4-14(5-8-16)18(26)24-15-6-9-17(23-12-15)25-10-2-1-3-11-25/h4-9,12H,1-3,10-11,13H2,(H,24,26). The summed E-state index contributed by atoms with van der Waals surface area (Å²) in [7, 11) is 0. The quantitative estimate of drug-likeness (QED) is 0.843. The van der Waals surface area contributed by atoms with E-state index in [4.69, 9.17) is 0 Å². The molecule has 1 aliphatic rings. The van der Waals surface area contributed by atoms with Crippen LogP contribution in [-0.2, 0) is 0 Å². The van der Waals surface area contributed by atoms with Gasteiger partial charge >= 0.3 is 6.18 Å². The molecule has 1 fully saturated rings. The molecule has 27 heavy (non-hydrogen) atoms. The van der Waals surface area contributed by atoms with Gasteiger partial charge in [0.2, 0.25) is 0 Å². The number of piperidine rings is 1. The maximum atomic E-state index is 12.3. The minimum Gasteiger partial charge on any atom is -0.484 e. The SMILES string of the molecule is O=C(Nc1ccc(N2CCCCC2)nc1)c1ccc(OCC(F)(F)F)cc1. The number of rotatable bonds is 5. The van der Waals surface area contributed by atoms with E-state index in [1.165, 1.54) is 30.7 Å². The topological polar surface area (TPSA) is 54.5 Å². The molecular formula is C19H20F3N3O2. The lowest BCUT2D eigenvalue weighted by Gasteiger charge is -2.27. The molecule has 2 aromatic rings. The number of benzene rings is 1. The van der Waals surface area contributed by atoms with E-state index in [-0.39, 0.29) is 11.7 Å². The first-order chi connectivity index (χ1) is 12.9. The van der Waals surface area contributed by atoms with Crippen molar-refractivity contribution in [1.29, 1.82) is 0 Å². The number of carbonyl (C=O) groups excluding carboxylic acids is 1. The number of ether oxygens (including phenoxy) is 1. The first-order valence-electron chi connectivity index (χ1n) is 8.73. The molecule has 0 spiro atoms. The molecule has 0 atom stereocenters. The molecule has 1 saturated heterocycles. The number of hydrogen-bond acceptors (Lipinski definition) is 4. The number of halogens is 3. The predicted octanol–water partition coefficient (Wildman–Crippen LogP) is 4.27. The maximum absolute atomic E-state index is 12.3. The van der Waals surface area contributed by atoms with Crippen molar-refractivity contribution in [2.24, 2.45) is 0 Å². The molecule has 0 bridgehead atoms. The summed E-state index contributed by atoms with van der Waals surface area (Å²) in [6, 6.07) is 9.15. The van der Waals surface area contributed by atoms with Crippen LogP contribution >= 0.6 is 0 Å². The van der Waals surface area contributed by atoms with Crippen molar-refractivity contribution < 1.29 is 22.7 Å². The van der Waals surface area contributed by atoms with Crippen molar-refractivity contribution in [2.45, 2.75) is 25.4 Å². The third-order valence-electron chi connectivity index (χ3n) is 4.20. The number of hydrogen-bond donors (Lipinski definition) is 1. The second-order valence-corrected chi connectivity index (χ2v) is 6.34. The van der Waals surface area contributed by atoms with Crippen molar-refractivity contribution in [2.75, 3.05) is 29.9 Å². The Bertz CT molecular complexity index is 755. The van der Waals surface area contributed by atoms with Gasteiger partial charge in [-0.2, -0.15) is 13.2 Å². The molecule has 8 heteroatoms. The first-order valence-corrected chi connectivity index (χ1v) is 8.73. The van der Waals surface area contributed by atoms with E-state index in [9.17, 15) is 18.0 Å². The molecule has 1 N–H and O–H groups in total. The van der Waals surface area contributed by atoms with Gasteiger partial charge in [0, 0.05) is 18.7 Å². The van der Waals surface area contributed by atoms with Crippen LogP contribution in [0.15, 0.2) is 42.6 Å². The molecule has 0 aliphatic carbocycles. The Morgan fingerprint density at radius 1 is 1.07 bits per heavy atom. The molecule has 1 amide bonds. The fourth-order valence-electron chi connectivity index (χ4n) is 2.84. The van der Waals surface area contributed by atoms with Crippen LogP contribution in [0.25, 0.3) is 0 Å². The molecule has 5 nitrogen and oxygen atoms in total. The van der Waals surface area contributed by atoms with Crippen molar-refractivity contribution in [3.8, 4) is 5.75 Å². The second kappa shape index (κ2) is 8.28. The smallest absolute Gasteiger partial charge is 0.422 e. The molecule has 2 heterocycles. The van der Waals surface area contributed by atoms with Crippen molar-refractivity contribution in [3.63, 3.8) is 0 Å². The summed E-state index contributed by atoms with van der Waals surface area (Å²) in [6.07, 6.45) is 0.752. The summed E-state index contributed by atoms with van der Waals surface area (Å²) in [5.41, 5.74) is 0.868. The number of anilines is 2. The van der Waals surface area contributed by atoms with Gasteiger partial charge < -0.3 is 15.0 Å². The van der Waals surface area contributed by atoms with Gasteiger partial charge in [-0.15, -0.1) is 0 Å². The Morgan fingerprint density at radius 2 is 1.78 bits per heavy atom. The number of aromatic nitrogens is 1. The highest BCUT2D eigenvalue weighted by Gasteiger charge is 2.28. The van der Waals surface area contributed by atoms with E-state index in [2.05, 4.69) is 19.9 Å². The number of alkyl halides is 3. The van der Waals surface area contributed by atoms with Gasteiger partial charge in [-0.25, -0.2) is 4.98 Å². The van der Waals surface area contributed by atoms with E-state index in [0.717, 1.165) is 31.7 Å². The van der Waals surface area contributed by atoms with E-state index < -0.39 is 12.8 Å². The largest absolute Gasteiger partial charge is 0.484 e. The van der Waals surface area contributed by atoms with Gasteiger partial charge in [-0.1, -0.05) is 0 Å². The molecule has 0 saturated carbocycles. The molecule has 1 aromatic heterocycles. The summed E-state index contributed by atoms with van der Waals surface area (Å²) in [5.74, 6) is 0.570. The van der Waals surface area contributed by atoms with Crippen molar-refractivity contribution in [3.05, 3.63) is 48.2 Å². The fraction of sp³-hybridized carbons (Fsp3) is 0.368. The molecular weight excluding hydrogens is 359 g/mol. The highest BCUT2D eigenvalue weighted by Crippen LogP contribution is 2.21. The second-order valence-electron chi connectivity index (χ2n) is 6.34. The molecule has 1 aliphatic heterocycles. The zero-order valence-electron chi connectivity index (χ0n) is 14.6. The van der Waals surface area contributed by atoms with Crippen molar-refractivity contribution in [1.82, 2.24) is 4.98 Å². The highest BCUT2D eigenvalue weighted by molar-refractivity contribution is 6.04. The van der Waals surface area contributed by atoms with Crippen LogP contribution < -0.4 is 15.0 Å². The summed E-state index contributed by atoms with van der Waals surface area (Å²) >= 11 is 0. The Morgan fingerprint density at radius 3 is 2.37 bits per heavy atom. The third kappa shape index (κ3) is 5.60.